The molecule has 1 unspecified atom stereocenters. The highest BCUT2D eigenvalue weighted by Crippen LogP contribution is 2.50. The highest BCUT2D eigenvalue weighted by Gasteiger charge is 2.40. The maximum atomic E-state index is 9.98. The van der Waals surface area contributed by atoms with Crippen molar-refractivity contribution in [2.45, 2.75) is 24.8 Å². The smallest absolute Gasteiger partial charge is 0.225 e. The first-order valence-electron chi connectivity index (χ1n) is 10.3. The summed E-state index contributed by atoms with van der Waals surface area (Å²) in [5.74, 6) is 0.259. The number of benzene rings is 1. The van der Waals surface area contributed by atoms with Crippen molar-refractivity contribution in [3.63, 3.8) is 0 Å². The molecule has 4 heterocycles. The lowest BCUT2D eigenvalue weighted by atomic mass is 9.83. The molecule has 32 heavy (non-hydrogen) atoms. The van der Waals surface area contributed by atoms with Crippen molar-refractivity contribution in [3.05, 3.63) is 84.2 Å². The van der Waals surface area contributed by atoms with Gasteiger partial charge in [0.1, 0.15) is 23.0 Å². The summed E-state index contributed by atoms with van der Waals surface area (Å²) in [5, 5.41) is 14.8. The molecule has 0 spiro atoms. The number of rotatable bonds is 4. The van der Waals surface area contributed by atoms with Crippen LogP contribution in [0.15, 0.2) is 73.0 Å². The lowest BCUT2D eigenvalue weighted by Gasteiger charge is -2.25. The van der Waals surface area contributed by atoms with Crippen molar-refractivity contribution in [2.24, 2.45) is 5.73 Å². The van der Waals surface area contributed by atoms with Crippen LogP contribution in [0.1, 0.15) is 35.9 Å². The van der Waals surface area contributed by atoms with Crippen LogP contribution in [0.2, 0.25) is 0 Å². The molecule has 1 saturated carbocycles. The molecule has 0 bridgehead atoms. The second-order valence-electron chi connectivity index (χ2n) is 7.82. The normalized spacial score (nSPS) is 17.5. The van der Waals surface area contributed by atoms with E-state index in [0.29, 0.717) is 22.8 Å². The molecule has 2 aliphatic rings. The monoisotopic (exact) mass is 422 g/mol. The van der Waals surface area contributed by atoms with E-state index in [2.05, 4.69) is 21.0 Å². The minimum Gasteiger partial charge on any atom is -0.422 e. The summed E-state index contributed by atoms with van der Waals surface area (Å²) in [7, 11) is 0. The van der Waals surface area contributed by atoms with E-state index < -0.39 is 5.92 Å². The molecule has 1 aromatic carbocycles. The quantitative estimate of drug-likeness (QED) is 0.536. The van der Waals surface area contributed by atoms with Crippen molar-refractivity contribution >= 4 is 0 Å². The fourth-order valence-corrected chi connectivity index (χ4v) is 4.12. The third-order valence-electron chi connectivity index (χ3n) is 5.80. The third kappa shape index (κ3) is 2.85. The van der Waals surface area contributed by atoms with Gasteiger partial charge in [-0.05, 0) is 30.5 Å². The minimum absolute atomic E-state index is 0.108. The lowest BCUT2D eigenvalue weighted by Crippen LogP contribution is -2.22. The van der Waals surface area contributed by atoms with Gasteiger partial charge in [-0.3, -0.25) is 9.97 Å². The molecule has 9 heteroatoms. The van der Waals surface area contributed by atoms with Gasteiger partial charge < -0.3 is 15.0 Å². The summed E-state index contributed by atoms with van der Waals surface area (Å²) < 4.78 is 9.78. The highest BCUT2D eigenvalue weighted by molar-refractivity contribution is 5.68. The zero-order valence-electron chi connectivity index (χ0n) is 17.0. The summed E-state index contributed by atoms with van der Waals surface area (Å²) >= 11 is 0. The fraction of sp³-hybridized carbons (Fsp3) is 0.174. The standard InChI is InChI=1S/C23H18N8O/c24-11-17-19(14-1-3-15(4-2-14)30-10-9-27-13-30)20-21(18-12-26-7-8-28-18)29-31(16-5-6-16)23(20)32-22(17)25/h1-4,7-10,12-13,16,19H,5-6,25H2. The number of ether oxygens (including phenoxy) is 1. The molecule has 156 valence electrons. The molecule has 6 rings (SSSR count). The van der Waals surface area contributed by atoms with Crippen LogP contribution in [0.5, 0.6) is 5.88 Å². The van der Waals surface area contributed by atoms with E-state index in [4.69, 9.17) is 15.6 Å². The Morgan fingerprint density at radius 2 is 1.94 bits per heavy atom. The molecule has 0 radical (unpaired) electrons. The Morgan fingerprint density at radius 1 is 1.09 bits per heavy atom. The van der Waals surface area contributed by atoms with Gasteiger partial charge in [-0.2, -0.15) is 10.4 Å². The molecule has 4 aromatic rings. The van der Waals surface area contributed by atoms with Gasteiger partial charge in [-0.25, -0.2) is 9.67 Å². The summed E-state index contributed by atoms with van der Waals surface area (Å²) in [5.41, 5.74) is 10.5. The number of nitrogens with two attached hydrogens (primary N) is 1. The lowest BCUT2D eigenvalue weighted by molar-refractivity contribution is 0.347. The number of nitrogens with zero attached hydrogens (tertiary/aromatic N) is 7. The molecule has 1 fully saturated rings. The van der Waals surface area contributed by atoms with Crippen LogP contribution >= 0.6 is 0 Å². The molecule has 0 saturated heterocycles. The molecular formula is C23H18N8O. The summed E-state index contributed by atoms with van der Waals surface area (Å²) in [6, 6.07) is 10.5. The van der Waals surface area contributed by atoms with Crippen LogP contribution in [0, 0.1) is 11.3 Å². The maximum Gasteiger partial charge on any atom is 0.225 e. The Kier molecular flexibility index (Phi) is 4.04. The Bertz CT molecular complexity index is 1360. The highest BCUT2D eigenvalue weighted by atomic mass is 16.5. The maximum absolute atomic E-state index is 9.98. The molecule has 9 nitrogen and oxygen atoms in total. The van der Waals surface area contributed by atoms with Crippen LogP contribution < -0.4 is 10.5 Å². The van der Waals surface area contributed by atoms with Crippen molar-refractivity contribution in [2.75, 3.05) is 0 Å². The Balaban J connectivity index is 1.55. The van der Waals surface area contributed by atoms with Crippen LogP contribution in [-0.4, -0.2) is 29.3 Å². The second kappa shape index (κ2) is 7.06. The number of hydrogen-bond acceptors (Lipinski definition) is 7. The zero-order chi connectivity index (χ0) is 21.7. The van der Waals surface area contributed by atoms with Gasteiger partial charge in [-0.15, -0.1) is 0 Å². The molecular weight excluding hydrogens is 404 g/mol. The van der Waals surface area contributed by atoms with Gasteiger partial charge in [0.25, 0.3) is 0 Å². The number of hydrogen-bond donors (Lipinski definition) is 1. The fourth-order valence-electron chi connectivity index (χ4n) is 4.12. The van der Waals surface area contributed by atoms with E-state index in [1.54, 1.807) is 31.1 Å². The van der Waals surface area contributed by atoms with Crippen molar-refractivity contribution < 1.29 is 4.74 Å². The van der Waals surface area contributed by atoms with Gasteiger partial charge in [0.15, 0.2) is 0 Å². The zero-order valence-corrected chi connectivity index (χ0v) is 17.0. The Morgan fingerprint density at radius 3 is 2.59 bits per heavy atom. The average molecular weight is 422 g/mol. The predicted molar refractivity (Wildman–Crippen MR) is 114 cm³/mol. The first-order chi connectivity index (χ1) is 15.7. The van der Waals surface area contributed by atoms with E-state index in [1.165, 1.54) is 0 Å². The van der Waals surface area contributed by atoms with Crippen molar-refractivity contribution in [1.82, 2.24) is 29.3 Å². The molecule has 2 N–H and O–H groups in total. The minimum atomic E-state index is -0.426. The Labute approximate surface area is 183 Å². The first kappa shape index (κ1) is 18.3. The molecule has 0 amide bonds. The Hall–Kier alpha value is -4.45. The molecule has 1 aliphatic heterocycles. The van der Waals surface area contributed by atoms with Crippen LogP contribution in [0.4, 0.5) is 0 Å². The van der Waals surface area contributed by atoms with E-state index in [-0.39, 0.29) is 11.9 Å². The predicted octanol–water partition coefficient (Wildman–Crippen LogP) is 3.08. The van der Waals surface area contributed by atoms with Crippen molar-refractivity contribution in [1.29, 1.82) is 5.26 Å². The number of imidazole rings is 1. The summed E-state index contributed by atoms with van der Waals surface area (Å²) in [4.78, 5) is 12.8. The molecule has 1 aliphatic carbocycles. The van der Waals surface area contributed by atoms with E-state index >= 15 is 0 Å². The average Bonchev–Trinajstić information content (AvgIpc) is 3.39. The summed E-state index contributed by atoms with van der Waals surface area (Å²) in [6.07, 6.45) is 12.3. The molecule has 1 atom stereocenters. The number of allylic oxidation sites excluding steroid dienone is 1. The van der Waals surface area contributed by atoms with Crippen LogP contribution in [0.25, 0.3) is 17.1 Å². The third-order valence-corrected chi connectivity index (χ3v) is 5.80. The van der Waals surface area contributed by atoms with Crippen LogP contribution in [-0.2, 0) is 0 Å². The van der Waals surface area contributed by atoms with E-state index in [0.717, 1.165) is 29.7 Å². The van der Waals surface area contributed by atoms with Crippen LogP contribution in [0.3, 0.4) is 0 Å². The van der Waals surface area contributed by atoms with Gasteiger partial charge in [0.05, 0.1) is 30.0 Å². The van der Waals surface area contributed by atoms with E-state index in [9.17, 15) is 5.26 Å². The largest absolute Gasteiger partial charge is 0.422 e. The number of fused-ring (bicyclic) bond motifs is 1. The van der Waals surface area contributed by atoms with Gasteiger partial charge >= 0.3 is 0 Å². The summed E-state index contributed by atoms with van der Waals surface area (Å²) in [6.45, 7) is 0. The molecule has 3 aromatic heterocycles. The van der Waals surface area contributed by atoms with Gasteiger partial charge in [0.2, 0.25) is 11.8 Å². The number of nitriles is 1. The SMILES string of the molecule is N#CC1=C(N)Oc2c(c(-c3cnccn3)nn2C2CC2)C1c1ccc(-n2ccnc2)cc1. The van der Waals surface area contributed by atoms with Gasteiger partial charge in [0, 0.05) is 30.5 Å². The second-order valence-corrected chi connectivity index (χ2v) is 7.82. The van der Waals surface area contributed by atoms with E-state index in [1.807, 2.05) is 39.7 Å². The topological polar surface area (TPSA) is 120 Å². The van der Waals surface area contributed by atoms with Crippen molar-refractivity contribution in [3.8, 4) is 29.0 Å². The first-order valence-corrected chi connectivity index (χ1v) is 10.3. The van der Waals surface area contributed by atoms with Gasteiger partial charge in [-0.1, -0.05) is 12.1 Å². The number of aromatic nitrogens is 6.